The normalized spacial score (nSPS) is 11.2. The van der Waals surface area contributed by atoms with Crippen molar-refractivity contribution >= 4 is 37.3 Å². The Balaban J connectivity index is 2.38. The molecule has 0 aliphatic carbocycles. The number of pyridine rings is 1. The lowest BCUT2D eigenvalue weighted by Crippen LogP contribution is -2.15. The minimum Gasteiger partial charge on any atom is -0.481 e. The predicted molar refractivity (Wildman–Crippen MR) is 84.9 cm³/mol. The van der Waals surface area contributed by atoms with Crippen LogP contribution in [0.1, 0.15) is 5.56 Å². The molecule has 1 aromatic heterocycles. The number of hydrogen-bond acceptors (Lipinski definition) is 5. The van der Waals surface area contributed by atoms with Crippen LogP contribution < -0.4 is 15.2 Å². The lowest BCUT2D eigenvalue weighted by atomic mass is 10.2. The third-order valence-electron chi connectivity index (χ3n) is 2.85. The van der Waals surface area contributed by atoms with Crippen LogP contribution in [0.5, 0.6) is 5.88 Å². The van der Waals surface area contributed by atoms with Crippen LogP contribution in [0.25, 0.3) is 0 Å². The molecule has 0 radical (unpaired) electrons. The number of hydrogen-bond donors (Lipinski definition) is 2. The molecule has 0 saturated heterocycles. The van der Waals surface area contributed by atoms with Gasteiger partial charge in [0.1, 0.15) is 0 Å². The average Bonchev–Trinajstić information content (AvgIpc) is 2.43. The van der Waals surface area contributed by atoms with E-state index >= 15 is 0 Å². The zero-order valence-electron chi connectivity index (χ0n) is 11.4. The monoisotopic (exact) mass is 371 g/mol. The SMILES string of the molecule is COc1ccc(NS(=O)(=O)c2cc(Br)cc(N)c2C)cn1. The molecule has 2 rings (SSSR count). The minimum absolute atomic E-state index is 0.116. The summed E-state index contributed by atoms with van der Waals surface area (Å²) in [5.74, 6) is 0.404. The number of nitrogens with two attached hydrogens (primary N) is 1. The molecule has 0 fully saturated rings. The van der Waals surface area contributed by atoms with E-state index in [0.717, 1.165) is 0 Å². The quantitative estimate of drug-likeness (QED) is 0.805. The maximum absolute atomic E-state index is 12.4. The molecule has 0 spiro atoms. The standard InChI is InChI=1S/C13H14BrN3O3S/c1-8-11(15)5-9(14)6-12(8)21(18,19)17-10-3-4-13(20-2)16-7-10/h3-7,17H,15H2,1-2H3. The summed E-state index contributed by atoms with van der Waals surface area (Å²) < 4.78 is 32.8. The van der Waals surface area contributed by atoms with E-state index < -0.39 is 10.0 Å². The first-order valence-corrected chi connectivity index (χ1v) is 8.19. The van der Waals surface area contributed by atoms with Gasteiger partial charge in [-0.1, -0.05) is 15.9 Å². The van der Waals surface area contributed by atoms with Gasteiger partial charge in [0.05, 0.1) is 23.9 Å². The second-order valence-electron chi connectivity index (χ2n) is 4.31. The Kier molecular flexibility index (Phi) is 4.38. The Bertz CT molecular complexity index is 761. The summed E-state index contributed by atoms with van der Waals surface area (Å²) in [6.45, 7) is 1.66. The molecule has 0 unspecified atom stereocenters. The Hall–Kier alpha value is -1.80. The van der Waals surface area contributed by atoms with E-state index in [1.165, 1.54) is 19.4 Å². The molecule has 8 heteroatoms. The van der Waals surface area contributed by atoms with Gasteiger partial charge in [-0.2, -0.15) is 0 Å². The van der Waals surface area contributed by atoms with Gasteiger partial charge in [0, 0.05) is 16.2 Å². The highest BCUT2D eigenvalue weighted by atomic mass is 79.9. The smallest absolute Gasteiger partial charge is 0.262 e. The minimum atomic E-state index is -3.75. The largest absolute Gasteiger partial charge is 0.481 e. The van der Waals surface area contributed by atoms with Crippen molar-refractivity contribution < 1.29 is 13.2 Å². The van der Waals surface area contributed by atoms with Crippen molar-refractivity contribution in [2.24, 2.45) is 0 Å². The van der Waals surface area contributed by atoms with Gasteiger partial charge in [0.15, 0.2) is 0 Å². The highest BCUT2D eigenvalue weighted by Gasteiger charge is 2.19. The van der Waals surface area contributed by atoms with Crippen molar-refractivity contribution in [3.8, 4) is 5.88 Å². The van der Waals surface area contributed by atoms with Gasteiger partial charge >= 0.3 is 0 Å². The van der Waals surface area contributed by atoms with Gasteiger partial charge in [-0.3, -0.25) is 4.72 Å². The second kappa shape index (κ2) is 5.90. The Morgan fingerprint density at radius 1 is 1.33 bits per heavy atom. The fourth-order valence-corrected chi connectivity index (χ4v) is 3.70. The summed E-state index contributed by atoms with van der Waals surface area (Å²) in [7, 11) is -2.26. The molecule has 0 saturated carbocycles. The van der Waals surface area contributed by atoms with Crippen LogP contribution in [-0.4, -0.2) is 20.5 Å². The van der Waals surface area contributed by atoms with Crippen LogP contribution in [0, 0.1) is 6.92 Å². The highest BCUT2D eigenvalue weighted by molar-refractivity contribution is 9.10. The summed E-state index contributed by atoms with van der Waals surface area (Å²) in [4.78, 5) is 4.07. The molecule has 0 amide bonds. The number of nitrogens with zero attached hydrogens (tertiary/aromatic N) is 1. The Morgan fingerprint density at radius 2 is 2.05 bits per heavy atom. The lowest BCUT2D eigenvalue weighted by Gasteiger charge is -2.12. The first-order chi connectivity index (χ1) is 9.83. The fourth-order valence-electron chi connectivity index (χ4n) is 1.72. The lowest BCUT2D eigenvalue weighted by molar-refractivity contribution is 0.398. The number of anilines is 2. The van der Waals surface area contributed by atoms with Gasteiger partial charge < -0.3 is 10.5 Å². The van der Waals surface area contributed by atoms with E-state index in [-0.39, 0.29) is 4.90 Å². The van der Waals surface area contributed by atoms with Crippen molar-refractivity contribution in [1.82, 2.24) is 4.98 Å². The van der Waals surface area contributed by atoms with Gasteiger partial charge in [-0.05, 0) is 30.7 Å². The Labute approximate surface area is 131 Å². The third kappa shape index (κ3) is 3.45. The molecule has 3 N–H and O–H groups in total. The topological polar surface area (TPSA) is 94.3 Å². The molecule has 1 aromatic carbocycles. The number of halogens is 1. The number of benzene rings is 1. The van der Waals surface area contributed by atoms with Crippen LogP contribution >= 0.6 is 15.9 Å². The van der Waals surface area contributed by atoms with Crippen molar-refractivity contribution in [2.75, 3.05) is 17.6 Å². The number of nitrogen functional groups attached to an aromatic ring is 1. The highest BCUT2D eigenvalue weighted by Crippen LogP contribution is 2.27. The molecule has 0 aliphatic heterocycles. The molecular formula is C13H14BrN3O3S. The summed E-state index contributed by atoms with van der Waals surface area (Å²) in [6, 6.07) is 6.30. The maximum atomic E-state index is 12.4. The molecule has 1 heterocycles. The van der Waals surface area contributed by atoms with E-state index in [1.807, 2.05) is 0 Å². The molecular weight excluding hydrogens is 358 g/mol. The number of nitrogens with one attached hydrogen (secondary N) is 1. The van der Waals surface area contributed by atoms with E-state index in [4.69, 9.17) is 10.5 Å². The van der Waals surface area contributed by atoms with Gasteiger partial charge in [-0.25, -0.2) is 13.4 Å². The van der Waals surface area contributed by atoms with E-state index in [0.29, 0.717) is 27.3 Å². The zero-order chi connectivity index (χ0) is 15.6. The molecule has 0 aliphatic rings. The van der Waals surface area contributed by atoms with Crippen molar-refractivity contribution in [2.45, 2.75) is 11.8 Å². The average molecular weight is 372 g/mol. The van der Waals surface area contributed by atoms with Crippen molar-refractivity contribution in [3.63, 3.8) is 0 Å². The molecule has 0 atom stereocenters. The molecule has 21 heavy (non-hydrogen) atoms. The van der Waals surface area contributed by atoms with Gasteiger partial charge in [-0.15, -0.1) is 0 Å². The van der Waals surface area contributed by atoms with Crippen LogP contribution in [0.3, 0.4) is 0 Å². The summed E-state index contributed by atoms with van der Waals surface area (Å²) >= 11 is 3.24. The predicted octanol–water partition coefficient (Wildman–Crippen LogP) is 2.54. The Morgan fingerprint density at radius 3 is 2.62 bits per heavy atom. The molecule has 6 nitrogen and oxygen atoms in total. The van der Waals surface area contributed by atoms with Gasteiger partial charge in [0.2, 0.25) is 5.88 Å². The van der Waals surface area contributed by atoms with Crippen LogP contribution in [0.15, 0.2) is 39.8 Å². The third-order valence-corrected chi connectivity index (χ3v) is 4.82. The number of ether oxygens (including phenoxy) is 1. The van der Waals surface area contributed by atoms with Crippen LogP contribution in [0.4, 0.5) is 11.4 Å². The number of rotatable bonds is 4. The first kappa shape index (κ1) is 15.6. The van der Waals surface area contributed by atoms with Crippen LogP contribution in [0.2, 0.25) is 0 Å². The van der Waals surface area contributed by atoms with E-state index in [9.17, 15) is 8.42 Å². The van der Waals surface area contributed by atoms with E-state index in [2.05, 4.69) is 25.6 Å². The molecule has 0 bridgehead atoms. The maximum Gasteiger partial charge on any atom is 0.262 e. The number of aromatic nitrogens is 1. The van der Waals surface area contributed by atoms with Crippen molar-refractivity contribution in [3.05, 3.63) is 40.5 Å². The van der Waals surface area contributed by atoms with Gasteiger partial charge in [0.25, 0.3) is 10.0 Å². The second-order valence-corrected chi connectivity index (χ2v) is 6.88. The van der Waals surface area contributed by atoms with E-state index in [1.54, 1.807) is 25.1 Å². The summed E-state index contributed by atoms with van der Waals surface area (Å²) in [6.07, 6.45) is 1.38. The molecule has 2 aromatic rings. The summed E-state index contributed by atoms with van der Waals surface area (Å²) in [5.41, 5.74) is 7.03. The molecule has 112 valence electrons. The zero-order valence-corrected chi connectivity index (χ0v) is 13.8. The number of sulfonamides is 1. The summed E-state index contributed by atoms with van der Waals surface area (Å²) in [5, 5.41) is 0. The van der Waals surface area contributed by atoms with Crippen molar-refractivity contribution in [1.29, 1.82) is 0 Å². The fraction of sp³-hybridized carbons (Fsp3) is 0.154. The van der Waals surface area contributed by atoms with Crippen LogP contribution in [-0.2, 0) is 10.0 Å². The first-order valence-electron chi connectivity index (χ1n) is 5.92. The number of methoxy groups -OCH3 is 1.